The number of aryl methyl sites for hydroxylation is 1. The second-order valence-electron chi connectivity index (χ2n) is 3.96. The Morgan fingerprint density at radius 2 is 2.17 bits per heavy atom. The van der Waals surface area contributed by atoms with E-state index in [-0.39, 0.29) is 11.5 Å². The molecule has 6 nitrogen and oxygen atoms in total. The van der Waals surface area contributed by atoms with Gasteiger partial charge >= 0.3 is 0 Å². The molecule has 0 amide bonds. The number of sulfonamides is 1. The molecule has 0 atom stereocenters. The fourth-order valence-corrected chi connectivity index (χ4v) is 2.76. The maximum atomic E-state index is 12.2. The molecule has 0 spiro atoms. The standard InChI is InChI=1S/C11H20N2O4S/c1-4-17-6-5-13(3)18(15,16)11-7-10(9-14)12(2)8-11/h7-8,14H,4-6,9H2,1-3H3. The van der Waals surface area contributed by atoms with E-state index in [1.165, 1.54) is 23.6 Å². The molecule has 1 N–H and O–H groups in total. The Kier molecular flexibility index (Phi) is 5.33. The SMILES string of the molecule is CCOCCN(C)S(=O)(=O)c1cc(CO)n(C)c1. The topological polar surface area (TPSA) is 71.8 Å². The molecule has 1 aromatic heterocycles. The van der Waals surface area contributed by atoms with E-state index >= 15 is 0 Å². The first kappa shape index (κ1) is 15.2. The highest BCUT2D eigenvalue weighted by atomic mass is 32.2. The Labute approximate surface area is 108 Å². The Hall–Kier alpha value is -0.890. The minimum atomic E-state index is -3.51. The van der Waals surface area contributed by atoms with Crippen molar-refractivity contribution in [3.63, 3.8) is 0 Å². The van der Waals surface area contributed by atoms with E-state index in [4.69, 9.17) is 9.84 Å². The van der Waals surface area contributed by atoms with Gasteiger partial charge in [0.1, 0.15) is 4.90 Å². The Bertz CT molecular complexity index is 481. The van der Waals surface area contributed by atoms with E-state index in [2.05, 4.69) is 0 Å². The molecule has 7 heteroatoms. The lowest BCUT2D eigenvalue weighted by Crippen LogP contribution is -2.30. The van der Waals surface area contributed by atoms with Gasteiger partial charge in [0.05, 0.1) is 13.2 Å². The number of hydrogen-bond donors (Lipinski definition) is 1. The lowest BCUT2D eigenvalue weighted by molar-refractivity contribution is 0.138. The molecule has 1 rings (SSSR count). The average Bonchev–Trinajstić information content (AvgIpc) is 2.71. The minimum absolute atomic E-state index is 0.186. The fourth-order valence-electron chi connectivity index (χ4n) is 1.51. The van der Waals surface area contributed by atoms with Gasteiger partial charge < -0.3 is 14.4 Å². The number of aromatic nitrogens is 1. The van der Waals surface area contributed by atoms with Gasteiger partial charge in [-0.15, -0.1) is 0 Å². The predicted molar refractivity (Wildman–Crippen MR) is 67.6 cm³/mol. The number of nitrogens with zero attached hydrogens (tertiary/aromatic N) is 2. The van der Waals surface area contributed by atoms with Gasteiger partial charge in [0.25, 0.3) is 0 Å². The smallest absolute Gasteiger partial charge is 0.244 e. The van der Waals surface area contributed by atoms with Crippen LogP contribution in [0, 0.1) is 0 Å². The Morgan fingerprint density at radius 3 is 2.67 bits per heavy atom. The molecule has 0 aliphatic rings. The van der Waals surface area contributed by atoms with Crippen LogP contribution in [0.2, 0.25) is 0 Å². The van der Waals surface area contributed by atoms with Gasteiger partial charge in [-0.05, 0) is 13.0 Å². The second-order valence-corrected chi connectivity index (χ2v) is 6.00. The Morgan fingerprint density at radius 1 is 1.50 bits per heavy atom. The van der Waals surface area contributed by atoms with Gasteiger partial charge in [-0.3, -0.25) is 0 Å². The zero-order valence-corrected chi connectivity index (χ0v) is 11.8. The monoisotopic (exact) mass is 276 g/mol. The third-order valence-corrected chi connectivity index (χ3v) is 4.53. The highest BCUT2D eigenvalue weighted by Gasteiger charge is 2.22. The van der Waals surface area contributed by atoms with Crippen molar-refractivity contribution in [3.05, 3.63) is 18.0 Å². The van der Waals surface area contributed by atoms with Crippen molar-refractivity contribution in [2.45, 2.75) is 18.4 Å². The van der Waals surface area contributed by atoms with E-state index in [9.17, 15) is 8.42 Å². The van der Waals surface area contributed by atoms with Gasteiger partial charge in [0.2, 0.25) is 10.0 Å². The van der Waals surface area contributed by atoms with Crippen molar-refractivity contribution >= 4 is 10.0 Å². The van der Waals surface area contributed by atoms with Crippen molar-refractivity contribution < 1.29 is 18.3 Å². The summed E-state index contributed by atoms with van der Waals surface area (Å²) in [6.45, 7) is 2.91. The number of aliphatic hydroxyl groups is 1. The molecular formula is C11H20N2O4S. The van der Waals surface area contributed by atoms with Crippen LogP contribution in [0.3, 0.4) is 0 Å². The third-order valence-electron chi connectivity index (χ3n) is 2.71. The summed E-state index contributed by atoms with van der Waals surface area (Å²) in [6, 6.07) is 1.48. The van der Waals surface area contributed by atoms with Crippen LogP contribution >= 0.6 is 0 Å². The summed E-state index contributed by atoms with van der Waals surface area (Å²) in [7, 11) is -0.297. The lowest BCUT2D eigenvalue weighted by atomic mass is 10.5. The van der Waals surface area contributed by atoms with E-state index in [1.54, 1.807) is 11.6 Å². The maximum Gasteiger partial charge on any atom is 0.244 e. The summed E-state index contributed by atoms with van der Waals surface area (Å²) in [5.41, 5.74) is 0.562. The molecule has 0 saturated carbocycles. The fraction of sp³-hybridized carbons (Fsp3) is 0.636. The number of likely N-dealkylation sites (N-methyl/N-ethyl adjacent to an activating group) is 1. The second kappa shape index (κ2) is 6.33. The van der Waals surface area contributed by atoms with Gasteiger partial charge in [0, 0.05) is 39.1 Å². The third kappa shape index (κ3) is 3.32. The molecule has 0 aliphatic carbocycles. The minimum Gasteiger partial charge on any atom is -0.390 e. The van der Waals surface area contributed by atoms with Crippen molar-refractivity contribution in [3.8, 4) is 0 Å². The van der Waals surface area contributed by atoms with Crippen LogP contribution in [0.15, 0.2) is 17.2 Å². The normalized spacial score (nSPS) is 12.3. The quantitative estimate of drug-likeness (QED) is 0.721. The molecule has 1 aromatic rings. The maximum absolute atomic E-state index is 12.2. The van der Waals surface area contributed by atoms with Crippen LogP contribution in [-0.2, 0) is 28.4 Å². The summed E-state index contributed by atoms with van der Waals surface area (Å²) < 4.78 is 32.4. The number of rotatable bonds is 7. The molecule has 0 saturated heterocycles. The van der Waals surface area contributed by atoms with Crippen LogP contribution in [0.4, 0.5) is 0 Å². The number of hydrogen-bond acceptors (Lipinski definition) is 4. The average molecular weight is 276 g/mol. The van der Waals surface area contributed by atoms with Crippen molar-refractivity contribution in [1.82, 2.24) is 8.87 Å². The van der Waals surface area contributed by atoms with Crippen LogP contribution in [0.1, 0.15) is 12.6 Å². The Balaban J connectivity index is 2.84. The number of ether oxygens (including phenoxy) is 1. The highest BCUT2D eigenvalue weighted by molar-refractivity contribution is 7.89. The molecule has 0 bridgehead atoms. The molecule has 0 unspecified atom stereocenters. The molecule has 0 fully saturated rings. The molecule has 0 aliphatic heterocycles. The molecule has 0 radical (unpaired) electrons. The summed E-state index contributed by atoms with van der Waals surface area (Å²) in [6.07, 6.45) is 1.50. The van der Waals surface area contributed by atoms with Crippen LogP contribution < -0.4 is 0 Å². The van der Waals surface area contributed by atoms with Gasteiger partial charge in [-0.2, -0.15) is 4.31 Å². The molecule has 1 heterocycles. The van der Waals surface area contributed by atoms with Crippen LogP contribution in [0.5, 0.6) is 0 Å². The summed E-state index contributed by atoms with van der Waals surface area (Å²) in [5.74, 6) is 0. The zero-order valence-electron chi connectivity index (χ0n) is 11.0. The molecule has 18 heavy (non-hydrogen) atoms. The number of aliphatic hydroxyl groups excluding tert-OH is 1. The first-order valence-corrected chi connectivity index (χ1v) is 7.17. The lowest BCUT2D eigenvalue weighted by Gasteiger charge is -2.15. The highest BCUT2D eigenvalue weighted by Crippen LogP contribution is 2.17. The van der Waals surface area contributed by atoms with Gasteiger partial charge in [-0.1, -0.05) is 0 Å². The predicted octanol–water partition coefficient (Wildman–Crippen LogP) is 0.174. The zero-order chi connectivity index (χ0) is 13.8. The van der Waals surface area contributed by atoms with Crippen molar-refractivity contribution in [2.24, 2.45) is 7.05 Å². The van der Waals surface area contributed by atoms with Crippen LogP contribution in [0.25, 0.3) is 0 Å². The summed E-state index contributed by atoms with van der Waals surface area (Å²) in [4.78, 5) is 0.188. The van der Waals surface area contributed by atoms with Crippen molar-refractivity contribution in [2.75, 3.05) is 26.8 Å². The van der Waals surface area contributed by atoms with E-state index in [1.807, 2.05) is 6.92 Å². The first-order valence-electron chi connectivity index (χ1n) is 5.73. The summed E-state index contributed by atoms with van der Waals surface area (Å²) >= 11 is 0. The van der Waals surface area contributed by atoms with E-state index in [0.29, 0.717) is 25.5 Å². The molecule has 104 valence electrons. The van der Waals surface area contributed by atoms with E-state index < -0.39 is 10.0 Å². The van der Waals surface area contributed by atoms with Crippen LogP contribution in [-0.4, -0.2) is 49.2 Å². The van der Waals surface area contributed by atoms with Gasteiger partial charge in [-0.25, -0.2) is 8.42 Å². The van der Waals surface area contributed by atoms with Crippen molar-refractivity contribution in [1.29, 1.82) is 0 Å². The molecule has 0 aromatic carbocycles. The summed E-state index contributed by atoms with van der Waals surface area (Å²) in [5, 5.41) is 9.06. The van der Waals surface area contributed by atoms with Gasteiger partial charge in [0.15, 0.2) is 0 Å². The first-order chi connectivity index (χ1) is 8.43. The van der Waals surface area contributed by atoms with E-state index in [0.717, 1.165) is 0 Å². The largest absolute Gasteiger partial charge is 0.390 e. The molecular weight excluding hydrogens is 256 g/mol.